The lowest BCUT2D eigenvalue weighted by Gasteiger charge is -2.23. The van der Waals surface area contributed by atoms with Gasteiger partial charge in [0.15, 0.2) is 0 Å². The average Bonchev–Trinajstić information content (AvgIpc) is 2.05. The second kappa shape index (κ2) is 2.67. The van der Waals surface area contributed by atoms with Crippen LogP contribution in [0.25, 0.3) is 0 Å². The second-order valence-corrected chi connectivity index (χ2v) is 3.78. The van der Waals surface area contributed by atoms with Crippen molar-refractivity contribution in [2.75, 3.05) is 5.75 Å². The summed E-state index contributed by atoms with van der Waals surface area (Å²) in [5, 5.41) is 0.718. The van der Waals surface area contributed by atoms with Crippen molar-refractivity contribution in [3.63, 3.8) is 0 Å². The third-order valence-electron chi connectivity index (χ3n) is 1.87. The molecule has 0 bridgehead atoms. The number of rotatable bonds is 0. The van der Waals surface area contributed by atoms with Crippen molar-refractivity contribution in [3.8, 4) is 0 Å². The van der Waals surface area contributed by atoms with Gasteiger partial charge in [0, 0.05) is 16.9 Å². The second-order valence-electron chi connectivity index (χ2n) is 2.57. The third kappa shape index (κ3) is 1.06. The minimum Gasteiger partial charge on any atom is -0.149 e. The van der Waals surface area contributed by atoms with Gasteiger partial charge in [0.25, 0.3) is 0 Å². The summed E-state index contributed by atoms with van der Waals surface area (Å²) < 4.78 is 0. The Labute approximate surface area is 65.7 Å². The maximum Gasteiger partial charge on any atom is 0.0330 e. The summed E-state index contributed by atoms with van der Waals surface area (Å²) in [6.07, 6.45) is 13.4. The normalized spacial score (nSPS) is 36.0. The first-order valence-corrected chi connectivity index (χ1v) is 4.65. The van der Waals surface area contributed by atoms with E-state index in [9.17, 15) is 0 Å². The lowest BCUT2D eigenvalue weighted by molar-refractivity contribution is 0.831. The molecule has 0 fully saturated rings. The molecule has 2 rings (SSSR count). The maximum atomic E-state index is 2.31. The molecule has 0 aromatic rings. The summed E-state index contributed by atoms with van der Waals surface area (Å²) in [6, 6.07) is 0. The van der Waals surface area contributed by atoms with Gasteiger partial charge in [-0.25, -0.2) is 0 Å². The molecule has 1 heteroatoms. The number of hydrogen-bond donors (Lipinski definition) is 0. The van der Waals surface area contributed by atoms with Crippen LogP contribution in [-0.4, -0.2) is 11.0 Å². The highest BCUT2D eigenvalue weighted by atomic mass is 32.2. The SMILES string of the molecule is C1=CC2C=CCSC2C=C1. The topological polar surface area (TPSA) is 0 Å². The molecular weight excluding hydrogens is 140 g/mol. The first kappa shape index (κ1) is 6.29. The Morgan fingerprint density at radius 3 is 2.90 bits per heavy atom. The van der Waals surface area contributed by atoms with E-state index in [1.165, 1.54) is 5.75 Å². The van der Waals surface area contributed by atoms with E-state index in [1.807, 2.05) is 11.8 Å². The van der Waals surface area contributed by atoms with Gasteiger partial charge in [0.05, 0.1) is 0 Å². The number of fused-ring (bicyclic) bond motifs is 1. The maximum absolute atomic E-state index is 2.31. The summed E-state index contributed by atoms with van der Waals surface area (Å²) in [7, 11) is 0. The number of thioether (sulfide) groups is 1. The summed E-state index contributed by atoms with van der Waals surface area (Å²) >= 11 is 2.02. The van der Waals surface area contributed by atoms with Crippen molar-refractivity contribution in [2.45, 2.75) is 5.25 Å². The molecule has 0 saturated heterocycles. The van der Waals surface area contributed by atoms with Crippen LogP contribution in [0.5, 0.6) is 0 Å². The van der Waals surface area contributed by atoms with Crippen molar-refractivity contribution >= 4 is 11.8 Å². The van der Waals surface area contributed by atoms with Gasteiger partial charge in [0.1, 0.15) is 0 Å². The number of hydrogen-bond acceptors (Lipinski definition) is 1. The Balaban J connectivity index is 2.21. The van der Waals surface area contributed by atoms with Gasteiger partial charge in [0.2, 0.25) is 0 Å². The molecule has 52 valence electrons. The smallest absolute Gasteiger partial charge is 0.0330 e. The minimum absolute atomic E-state index is 0.670. The van der Waals surface area contributed by atoms with E-state index >= 15 is 0 Å². The van der Waals surface area contributed by atoms with E-state index in [1.54, 1.807) is 0 Å². The van der Waals surface area contributed by atoms with E-state index < -0.39 is 0 Å². The Kier molecular flexibility index (Phi) is 1.68. The van der Waals surface area contributed by atoms with Crippen LogP contribution in [0.3, 0.4) is 0 Å². The molecule has 1 aliphatic carbocycles. The summed E-state index contributed by atoms with van der Waals surface area (Å²) in [6.45, 7) is 0. The van der Waals surface area contributed by atoms with Crippen LogP contribution in [0.15, 0.2) is 36.5 Å². The zero-order valence-corrected chi connectivity index (χ0v) is 6.55. The zero-order chi connectivity index (χ0) is 6.81. The highest BCUT2D eigenvalue weighted by molar-refractivity contribution is 8.00. The predicted molar refractivity (Wildman–Crippen MR) is 47.2 cm³/mol. The van der Waals surface area contributed by atoms with Gasteiger partial charge in [-0.05, 0) is 0 Å². The van der Waals surface area contributed by atoms with Crippen LogP contribution in [0.2, 0.25) is 0 Å². The Bertz CT molecular complexity index is 201. The predicted octanol–water partition coefficient (Wildman–Crippen LogP) is 2.40. The number of allylic oxidation sites excluding steroid dienone is 4. The molecule has 0 aromatic heterocycles. The van der Waals surface area contributed by atoms with E-state index in [-0.39, 0.29) is 0 Å². The molecule has 0 N–H and O–H groups in total. The van der Waals surface area contributed by atoms with E-state index in [0.29, 0.717) is 5.92 Å². The fourth-order valence-electron chi connectivity index (χ4n) is 1.32. The lowest BCUT2D eigenvalue weighted by Crippen LogP contribution is -2.15. The summed E-state index contributed by atoms with van der Waals surface area (Å²) in [4.78, 5) is 0. The molecule has 0 aromatic carbocycles. The van der Waals surface area contributed by atoms with E-state index in [2.05, 4.69) is 36.5 Å². The molecule has 2 atom stereocenters. The van der Waals surface area contributed by atoms with Gasteiger partial charge in [-0.2, -0.15) is 0 Å². The molecule has 0 amide bonds. The van der Waals surface area contributed by atoms with Crippen LogP contribution in [0.1, 0.15) is 0 Å². The van der Waals surface area contributed by atoms with Crippen LogP contribution in [0.4, 0.5) is 0 Å². The quantitative estimate of drug-likeness (QED) is 0.478. The molecule has 1 aliphatic heterocycles. The van der Waals surface area contributed by atoms with Gasteiger partial charge in [-0.3, -0.25) is 0 Å². The van der Waals surface area contributed by atoms with Gasteiger partial charge >= 0.3 is 0 Å². The molecule has 0 radical (unpaired) electrons. The van der Waals surface area contributed by atoms with Crippen molar-refractivity contribution in [1.29, 1.82) is 0 Å². The Morgan fingerprint density at radius 2 is 2.00 bits per heavy atom. The molecule has 0 nitrogen and oxygen atoms in total. The van der Waals surface area contributed by atoms with Crippen molar-refractivity contribution in [2.24, 2.45) is 5.92 Å². The van der Waals surface area contributed by atoms with Gasteiger partial charge in [-0.1, -0.05) is 36.5 Å². The fraction of sp³-hybridized carbons (Fsp3) is 0.333. The van der Waals surface area contributed by atoms with Crippen LogP contribution < -0.4 is 0 Å². The van der Waals surface area contributed by atoms with E-state index in [4.69, 9.17) is 0 Å². The molecule has 2 aliphatic rings. The molecule has 10 heavy (non-hydrogen) atoms. The van der Waals surface area contributed by atoms with Crippen LogP contribution in [-0.2, 0) is 0 Å². The van der Waals surface area contributed by atoms with Crippen LogP contribution in [0, 0.1) is 5.92 Å². The lowest BCUT2D eigenvalue weighted by atomic mass is 10.00. The van der Waals surface area contributed by atoms with Crippen LogP contribution >= 0.6 is 11.8 Å². The van der Waals surface area contributed by atoms with Gasteiger partial charge in [-0.15, -0.1) is 11.8 Å². The molecule has 2 unspecified atom stereocenters. The molecular formula is C9H10S. The first-order chi connectivity index (χ1) is 4.97. The average molecular weight is 150 g/mol. The summed E-state index contributed by atoms with van der Waals surface area (Å²) in [5.41, 5.74) is 0. The Hall–Kier alpha value is -0.430. The third-order valence-corrected chi connectivity index (χ3v) is 3.11. The largest absolute Gasteiger partial charge is 0.149 e. The van der Waals surface area contributed by atoms with Gasteiger partial charge < -0.3 is 0 Å². The first-order valence-electron chi connectivity index (χ1n) is 3.60. The monoisotopic (exact) mass is 150 g/mol. The Morgan fingerprint density at radius 1 is 1.10 bits per heavy atom. The minimum atomic E-state index is 0.670. The zero-order valence-electron chi connectivity index (χ0n) is 5.73. The van der Waals surface area contributed by atoms with Crippen molar-refractivity contribution in [3.05, 3.63) is 36.5 Å². The highest BCUT2D eigenvalue weighted by Gasteiger charge is 2.17. The van der Waals surface area contributed by atoms with Crippen molar-refractivity contribution in [1.82, 2.24) is 0 Å². The standard InChI is InChI=1S/C9H10S/c1-2-6-9-8(4-1)5-3-7-10-9/h1-6,8-9H,7H2. The molecule has 0 spiro atoms. The fourth-order valence-corrected chi connectivity index (χ4v) is 2.37. The summed E-state index contributed by atoms with van der Waals surface area (Å²) in [5.74, 6) is 1.85. The highest BCUT2D eigenvalue weighted by Crippen LogP contribution is 2.29. The van der Waals surface area contributed by atoms with E-state index in [0.717, 1.165) is 5.25 Å². The molecule has 0 saturated carbocycles. The van der Waals surface area contributed by atoms with Crippen molar-refractivity contribution < 1.29 is 0 Å². The molecule has 1 heterocycles.